The molecule has 1 aromatic carbocycles. The van der Waals surface area contributed by atoms with E-state index in [4.69, 9.17) is 4.74 Å². The average molecular weight is 366 g/mol. The Bertz CT molecular complexity index is 785. The van der Waals surface area contributed by atoms with Crippen molar-refractivity contribution in [3.8, 4) is 0 Å². The highest BCUT2D eigenvalue weighted by Crippen LogP contribution is 2.14. The Kier molecular flexibility index (Phi) is 6.54. The van der Waals surface area contributed by atoms with E-state index in [0.717, 1.165) is 25.0 Å². The molecule has 2 heterocycles. The highest BCUT2D eigenvalue weighted by atomic mass is 16.5. The van der Waals surface area contributed by atoms with Crippen LogP contribution in [-0.4, -0.2) is 36.2 Å². The van der Waals surface area contributed by atoms with Crippen LogP contribution in [0, 0.1) is 0 Å². The molecule has 3 N–H and O–H groups in total. The number of urea groups is 1. The number of pyridine rings is 1. The van der Waals surface area contributed by atoms with Crippen LogP contribution in [-0.2, 0) is 9.53 Å². The first kappa shape index (κ1) is 18.6. The molecule has 27 heavy (non-hydrogen) atoms. The number of rotatable bonds is 6. The zero-order chi connectivity index (χ0) is 18.9. The number of nitrogens with one attached hydrogen (secondary N) is 3. The molecule has 0 saturated carbocycles. The summed E-state index contributed by atoms with van der Waals surface area (Å²) in [5.41, 5.74) is 2.13. The minimum absolute atomic E-state index is 0.105. The van der Waals surface area contributed by atoms with Crippen LogP contribution in [0.15, 0.2) is 54.9 Å². The van der Waals surface area contributed by atoms with Gasteiger partial charge in [-0.1, -0.05) is 6.07 Å². The van der Waals surface area contributed by atoms with Crippen LogP contribution in [0.5, 0.6) is 0 Å². The molecule has 0 spiro atoms. The smallest absolute Gasteiger partial charge is 0.319 e. The topological polar surface area (TPSA) is 92.4 Å². The fraction of sp³-hybridized carbons (Fsp3) is 0.250. The van der Waals surface area contributed by atoms with Crippen LogP contribution < -0.4 is 16.0 Å². The minimum Gasteiger partial charge on any atom is -0.376 e. The van der Waals surface area contributed by atoms with Gasteiger partial charge in [0.2, 0.25) is 5.91 Å². The number of carbonyl (C=O) groups excluding carboxylic acids is 2. The van der Waals surface area contributed by atoms with Gasteiger partial charge >= 0.3 is 6.03 Å². The third kappa shape index (κ3) is 6.23. The summed E-state index contributed by atoms with van der Waals surface area (Å²) >= 11 is 0. The van der Waals surface area contributed by atoms with Gasteiger partial charge in [0.15, 0.2) is 0 Å². The molecule has 0 radical (unpaired) electrons. The Morgan fingerprint density at radius 3 is 2.59 bits per heavy atom. The predicted molar refractivity (Wildman–Crippen MR) is 104 cm³/mol. The molecule has 1 aromatic heterocycles. The van der Waals surface area contributed by atoms with Gasteiger partial charge in [-0.05, 0) is 54.8 Å². The van der Waals surface area contributed by atoms with Gasteiger partial charge in [0.25, 0.3) is 0 Å². The van der Waals surface area contributed by atoms with E-state index in [9.17, 15) is 9.59 Å². The van der Waals surface area contributed by atoms with Gasteiger partial charge in [-0.15, -0.1) is 0 Å². The van der Waals surface area contributed by atoms with Crippen molar-refractivity contribution in [1.29, 1.82) is 0 Å². The van der Waals surface area contributed by atoms with Crippen molar-refractivity contribution in [3.05, 3.63) is 60.4 Å². The summed E-state index contributed by atoms with van der Waals surface area (Å²) in [5, 5.41) is 8.31. The van der Waals surface area contributed by atoms with Crippen LogP contribution in [0.25, 0.3) is 6.08 Å². The maximum Gasteiger partial charge on any atom is 0.319 e. The molecule has 1 fully saturated rings. The fourth-order valence-electron chi connectivity index (χ4n) is 2.65. The van der Waals surface area contributed by atoms with E-state index in [1.54, 1.807) is 48.8 Å². The van der Waals surface area contributed by atoms with E-state index in [-0.39, 0.29) is 18.0 Å². The number of carbonyl (C=O) groups is 2. The SMILES string of the molecule is O=C(/C=C/c1cccnc1)Nc1ccc(NC(=O)NCC2CCCO2)cc1. The third-order valence-electron chi connectivity index (χ3n) is 4.04. The number of anilines is 2. The van der Waals surface area contributed by atoms with Gasteiger partial charge in [0.05, 0.1) is 6.10 Å². The standard InChI is InChI=1S/C20H22N4O3/c25-19(10-5-15-3-1-11-21-13-15)23-16-6-8-17(9-7-16)24-20(26)22-14-18-4-2-12-27-18/h1,3,5-11,13,18H,2,4,12,14H2,(H,23,25)(H2,22,24,26)/b10-5+. The molecule has 7 heteroatoms. The first-order valence-corrected chi connectivity index (χ1v) is 8.85. The largest absolute Gasteiger partial charge is 0.376 e. The van der Waals surface area contributed by atoms with Crippen LogP contribution >= 0.6 is 0 Å². The maximum absolute atomic E-state index is 11.9. The van der Waals surface area contributed by atoms with Crippen molar-refractivity contribution in [1.82, 2.24) is 10.3 Å². The maximum atomic E-state index is 11.9. The summed E-state index contributed by atoms with van der Waals surface area (Å²) in [4.78, 5) is 27.8. The molecule has 7 nitrogen and oxygen atoms in total. The molecule has 1 atom stereocenters. The summed E-state index contributed by atoms with van der Waals surface area (Å²) in [6, 6.07) is 10.3. The van der Waals surface area contributed by atoms with Gasteiger partial charge in [-0.25, -0.2) is 4.79 Å². The van der Waals surface area contributed by atoms with Gasteiger partial charge < -0.3 is 20.7 Å². The Labute approximate surface area is 157 Å². The van der Waals surface area contributed by atoms with Gasteiger partial charge in [0, 0.05) is 43.0 Å². The molecule has 0 aliphatic carbocycles. The van der Waals surface area contributed by atoms with Gasteiger partial charge in [-0.2, -0.15) is 0 Å². The number of amides is 3. The zero-order valence-electron chi connectivity index (χ0n) is 14.9. The van der Waals surface area contributed by atoms with Crippen molar-refractivity contribution in [2.24, 2.45) is 0 Å². The fourth-order valence-corrected chi connectivity index (χ4v) is 2.65. The first-order valence-electron chi connectivity index (χ1n) is 8.85. The molecule has 1 saturated heterocycles. The van der Waals surface area contributed by atoms with E-state index in [1.807, 2.05) is 6.07 Å². The van der Waals surface area contributed by atoms with Crippen LogP contribution in [0.1, 0.15) is 18.4 Å². The lowest BCUT2D eigenvalue weighted by molar-refractivity contribution is -0.111. The summed E-state index contributed by atoms with van der Waals surface area (Å²) in [6.07, 6.45) is 8.61. The van der Waals surface area contributed by atoms with Crippen LogP contribution in [0.3, 0.4) is 0 Å². The number of hydrogen-bond acceptors (Lipinski definition) is 4. The van der Waals surface area contributed by atoms with E-state index in [2.05, 4.69) is 20.9 Å². The molecular weight excluding hydrogens is 344 g/mol. The second-order valence-corrected chi connectivity index (χ2v) is 6.16. The lowest BCUT2D eigenvalue weighted by Crippen LogP contribution is -2.35. The summed E-state index contributed by atoms with van der Waals surface area (Å²) in [7, 11) is 0. The van der Waals surface area contributed by atoms with Crippen molar-refractivity contribution in [2.45, 2.75) is 18.9 Å². The van der Waals surface area contributed by atoms with Crippen molar-refractivity contribution >= 4 is 29.4 Å². The van der Waals surface area contributed by atoms with Crippen molar-refractivity contribution < 1.29 is 14.3 Å². The Hall–Kier alpha value is -3.19. The Morgan fingerprint density at radius 2 is 1.93 bits per heavy atom. The Morgan fingerprint density at radius 1 is 1.15 bits per heavy atom. The first-order chi connectivity index (χ1) is 13.2. The minimum atomic E-state index is -0.276. The highest BCUT2D eigenvalue weighted by molar-refractivity contribution is 6.02. The second-order valence-electron chi connectivity index (χ2n) is 6.16. The molecule has 3 amide bonds. The second kappa shape index (κ2) is 9.49. The number of benzene rings is 1. The number of ether oxygens (including phenoxy) is 1. The number of aromatic nitrogens is 1. The number of hydrogen-bond donors (Lipinski definition) is 3. The molecular formula is C20H22N4O3. The van der Waals surface area contributed by atoms with Crippen molar-refractivity contribution in [2.75, 3.05) is 23.8 Å². The molecule has 0 bridgehead atoms. The predicted octanol–water partition coefficient (Wildman–Crippen LogP) is 3.03. The lowest BCUT2D eigenvalue weighted by atomic mass is 10.2. The van der Waals surface area contributed by atoms with E-state index in [1.165, 1.54) is 6.08 Å². The van der Waals surface area contributed by atoms with Gasteiger partial charge in [-0.3, -0.25) is 9.78 Å². The van der Waals surface area contributed by atoms with E-state index < -0.39 is 0 Å². The highest BCUT2D eigenvalue weighted by Gasteiger charge is 2.16. The zero-order valence-corrected chi connectivity index (χ0v) is 14.9. The lowest BCUT2D eigenvalue weighted by Gasteiger charge is -2.12. The molecule has 2 aromatic rings. The Balaban J connectivity index is 1.44. The summed E-state index contributed by atoms with van der Waals surface area (Å²) in [5.74, 6) is -0.242. The van der Waals surface area contributed by atoms with Crippen LogP contribution in [0.2, 0.25) is 0 Å². The van der Waals surface area contributed by atoms with Crippen molar-refractivity contribution in [3.63, 3.8) is 0 Å². The van der Waals surface area contributed by atoms with Gasteiger partial charge in [0.1, 0.15) is 0 Å². The van der Waals surface area contributed by atoms with Crippen LogP contribution in [0.4, 0.5) is 16.2 Å². The summed E-state index contributed by atoms with van der Waals surface area (Å²) in [6.45, 7) is 1.27. The molecule has 3 rings (SSSR count). The third-order valence-corrected chi connectivity index (χ3v) is 4.04. The monoisotopic (exact) mass is 366 g/mol. The van der Waals surface area contributed by atoms with E-state index >= 15 is 0 Å². The molecule has 140 valence electrons. The normalized spacial score (nSPS) is 16.2. The summed E-state index contributed by atoms with van der Waals surface area (Å²) < 4.78 is 5.46. The van der Waals surface area contributed by atoms with E-state index in [0.29, 0.717) is 17.9 Å². The molecule has 1 aliphatic rings. The average Bonchev–Trinajstić information content (AvgIpc) is 3.21. The number of nitrogens with zero attached hydrogens (tertiary/aromatic N) is 1. The quantitative estimate of drug-likeness (QED) is 0.685. The molecule has 1 unspecified atom stereocenters. The molecule has 1 aliphatic heterocycles.